The van der Waals surface area contributed by atoms with Crippen molar-refractivity contribution in [1.29, 1.82) is 0 Å². The number of pyridine rings is 1. The summed E-state index contributed by atoms with van der Waals surface area (Å²) in [6.45, 7) is 8.56. The Morgan fingerprint density at radius 3 is 2.88 bits per heavy atom. The van der Waals surface area contributed by atoms with E-state index < -0.39 is 0 Å². The monoisotopic (exact) mass is 342 g/mol. The number of hydrogen-bond donors (Lipinski definition) is 1. The number of likely N-dealkylation sites (tertiary alicyclic amines) is 1. The van der Waals surface area contributed by atoms with Gasteiger partial charge in [-0.2, -0.15) is 0 Å². The maximum absolute atomic E-state index is 12.9. The highest BCUT2D eigenvalue weighted by molar-refractivity contribution is 5.75. The molecule has 3 saturated heterocycles. The molecule has 0 saturated carbocycles. The first-order chi connectivity index (χ1) is 12.1. The summed E-state index contributed by atoms with van der Waals surface area (Å²) in [5.41, 5.74) is 0.948. The topological polar surface area (TPSA) is 48.5 Å². The Morgan fingerprint density at radius 1 is 1.24 bits per heavy atom. The Bertz CT molecular complexity index is 605. The molecule has 4 rings (SSSR count). The van der Waals surface area contributed by atoms with E-state index in [9.17, 15) is 4.79 Å². The molecule has 0 aliphatic carbocycles. The van der Waals surface area contributed by atoms with Gasteiger partial charge in [-0.25, -0.2) is 4.79 Å². The molecule has 1 N–H and O–H groups in total. The van der Waals surface area contributed by atoms with Gasteiger partial charge in [0.25, 0.3) is 0 Å². The lowest BCUT2D eigenvalue weighted by molar-refractivity contribution is 0.152. The third-order valence-corrected chi connectivity index (χ3v) is 6.36. The number of nitrogens with zero attached hydrogens (tertiary/aromatic N) is 3. The van der Waals surface area contributed by atoms with Gasteiger partial charge >= 0.3 is 6.03 Å². The van der Waals surface area contributed by atoms with E-state index in [-0.39, 0.29) is 12.1 Å². The molecule has 0 radical (unpaired) electrons. The van der Waals surface area contributed by atoms with Crippen LogP contribution in [0.4, 0.5) is 4.79 Å². The molecule has 4 atom stereocenters. The van der Waals surface area contributed by atoms with Crippen LogP contribution in [0, 0.1) is 17.8 Å². The van der Waals surface area contributed by atoms with Crippen LogP contribution in [0.1, 0.15) is 44.8 Å². The zero-order valence-electron chi connectivity index (χ0n) is 15.4. The molecule has 25 heavy (non-hydrogen) atoms. The first-order valence-corrected chi connectivity index (χ1v) is 9.84. The van der Waals surface area contributed by atoms with Crippen molar-refractivity contribution in [2.24, 2.45) is 17.8 Å². The number of urea groups is 1. The minimum atomic E-state index is -0.0275. The largest absolute Gasteiger partial charge is 0.329 e. The average molecular weight is 342 g/mol. The Hall–Kier alpha value is -1.62. The zero-order chi connectivity index (χ0) is 17.4. The third kappa shape index (κ3) is 3.26. The van der Waals surface area contributed by atoms with Crippen LogP contribution in [0.3, 0.4) is 0 Å². The number of piperidine rings is 1. The summed E-state index contributed by atoms with van der Waals surface area (Å²) in [4.78, 5) is 22.1. The second-order valence-corrected chi connectivity index (χ2v) is 8.31. The lowest BCUT2D eigenvalue weighted by Gasteiger charge is -2.33. The van der Waals surface area contributed by atoms with Gasteiger partial charge < -0.3 is 10.2 Å². The van der Waals surface area contributed by atoms with Crippen LogP contribution in [0.5, 0.6) is 0 Å². The number of aromatic nitrogens is 1. The molecule has 1 aromatic heterocycles. The molecule has 0 spiro atoms. The number of amides is 2. The molecule has 4 heterocycles. The molecule has 0 aromatic carbocycles. The maximum Gasteiger partial charge on any atom is 0.317 e. The predicted molar refractivity (Wildman–Crippen MR) is 98.1 cm³/mol. The van der Waals surface area contributed by atoms with Crippen LogP contribution in [0.2, 0.25) is 0 Å². The van der Waals surface area contributed by atoms with Gasteiger partial charge in [-0.1, -0.05) is 26.3 Å². The second kappa shape index (κ2) is 6.94. The summed E-state index contributed by atoms with van der Waals surface area (Å²) in [6.07, 6.45) is 5.82. The van der Waals surface area contributed by atoms with Gasteiger partial charge in [-0.3, -0.25) is 9.88 Å². The zero-order valence-corrected chi connectivity index (χ0v) is 15.4. The number of fused-ring (bicyclic) bond motifs is 3. The summed E-state index contributed by atoms with van der Waals surface area (Å²) in [6, 6.07) is 6.68. The van der Waals surface area contributed by atoms with E-state index in [2.05, 4.69) is 33.9 Å². The van der Waals surface area contributed by atoms with E-state index in [0.29, 0.717) is 23.8 Å². The smallest absolute Gasteiger partial charge is 0.317 e. The van der Waals surface area contributed by atoms with Gasteiger partial charge in [-0.05, 0) is 49.3 Å². The Labute approximate surface area is 150 Å². The van der Waals surface area contributed by atoms with E-state index >= 15 is 0 Å². The Balaban J connectivity index is 1.40. The van der Waals surface area contributed by atoms with Crippen LogP contribution in [0.15, 0.2) is 24.4 Å². The summed E-state index contributed by atoms with van der Waals surface area (Å²) in [7, 11) is 0. The molecule has 0 unspecified atom stereocenters. The summed E-state index contributed by atoms with van der Waals surface area (Å²) < 4.78 is 0. The van der Waals surface area contributed by atoms with Gasteiger partial charge in [0, 0.05) is 31.9 Å². The van der Waals surface area contributed by atoms with Crippen molar-refractivity contribution in [3.8, 4) is 0 Å². The fourth-order valence-electron chi connectivity index (χ4n) is 5.09. The van der Waals surface area contributed by atoms with Gasteiger partial charge in [0.1, 0.15) is 0 Å². The molecule has 3 aliphatic heterocycles. The van der Waals surface area contributed by atoms with Crippen molar-refractivity contribution in [3.63, 3.8) is 0 Å². The fourth-order valence-corrected chi connectivity index (χ4v) is 5.09. The maximum atomic E-state index is 12.9. The average Bonchev–Trinajstić information content (AvgIpc) is 3.18. The van der Waals surface area contributed by atoms with Crippen LogP contribution < -0.4 is 5.32 Å². The molecule has 1 aromatic rings. The van der Waals surface area contributed by atoms with Crippen LogP contribution in [-0.4, -0.2) is 53.0 Å². The van der Waals surface area contributed by atoms with Crippen LogP contribution in [-0.2, 0) is 0 Å². The number of rotatable bonds is 3. The molecule has 0 bridgehead atoms. The van der Waals surface area contributed by atoms with Crippen LogP contribution >= 0.6 is 0 Å². The third-order valence-electron chi connectivity index (χ3n) is 6.36. The quantitative estimate of drug-likeness (QED) is 0.919. The highest BCUT2D eigenvalue weighted by Gasteiger charge is 2.48. The molecular weight excluding hydrogens is 312 g/mol. The van der Waals surface area contributed by atoms with E-state index in [1.54, 1.807) is 6.20 Å². The normalized spacial score (nSPS) is 30.2. The van der Waals surface area contributed by atoms with Crippen molar-refractivity contribution >= 4 is 6.03 Å². The minimum Gasteiger partial charge on any atom is -0.329 e. The van der Waals surface area contributed by atoms with Crippen LogP contribution in [0.25, 0.3) is 0 Å². The Kier molecular flexibility index (Phi) is 4.67. The van der Waals surface area contributed by atoms with Crippen molar-refractivity contribution in [1.82, 2.24) is 20.1 Å². The molecule has 5 nitrogen and oxygen atoms in total. The van der Waals surface area contributed by atoms with E-state index in [0.717, 1.165) is 18.8 Å². The summed E-state index contributed by atoms with van der Waals surface area (Å²) in [5.74, 6) is 1.66. The highest BCUT2D eigenvalue weighted by Crippen LogP contribution is 2.40. The van der Waals surface area contributed by atoms with Crippen molar-refractivity contribution in [2.45, 2.75) is 45.2 Å². The summed E-state index contributed by atoms with van der Waals surface area (Å²) >= 11 is 0. The lowest BCUT2D eigenvalue weighted by atomic mass is 9.90. The van der Waals surface area contributed by atoms with E-state index in [4.69, 9.17) is 0 Å². The lowest BCUT2D eigenvalue weighted by Crippen LogP contribution is -2.45. The van der Waals surface area contributed by atoms with E-state index in [1.807, 2.05) is 18.2 Å². The molecule has 5 heteroatoms. The highest BCUT2D eigenvalue weighted by atomic mass is 16.2. The van der Waals surface area contributed by atoms with Crippen molar-refractivity contribution in [3.05, 3.63) is 30.1 Å². The molecular formula is C20H30N4O. The van der Waals surface area contributed by atoms with Crippen molar-refractivity contribution < 1.29 is 4.79 Å². The van der Waals surface area contributed by atoms with Gasteiger partial charge in [-0.15, -0.1) is 0 Å². The summed E-state index contributed by atoms with van der Waals surface area (Å²) in [5, 5.41) is 3.25. The minimum absolute atomic E-state index is 0.0275. The second-order valence-electron chi connectivity index (χ2n) is 8.31. The first-order valence-electron chi connectivity index (χ1n) is 9.84. The molecule has 2 amide bonds. The number of nitrogens with one attached hydrogen (secondary N) is 1. The molecule has 3 fully saturated rings. The van der Waals surface area contributed by atoms with Gasteiger partial charge in [0.15, 0.2) is 0 Å². The van der Waals surface area contributed by atoms with Gasteiger partial charge in [0.05, 0.1) is 11.7 Å². The Morgan fingerprint density at radius 2 is 2.12 bits per heavy atom. The van der Waals surface area contributed by atoms with E-state index in [1.165, 1.54) is 32.4 Å². The van der Waals surface area contributed by atoms with Crippen molar-refractivity contribution in [2.75, 3.05) is 26.2 Å². The number of hydrogen-bond acceptors (Lipinski definition) is 3. The predicted octanol–water partition coefficient (Wildman–Crippen LogP) is 2.90. The standard InChI is InChI=1S/C20H30N4O/c1-14(2)19(17-7-3-5-9-21-17)22-20(25)24-12-15-11-23-10-6-4-8-18(23)16(15)13-24/h3,5,7,9,14-16,18-19H,4,6,8,10-13H2,1-2H3,(H,22,25)/t15-,16+,18-,19-/m0/s1. The molecule has 136 valence electrons. The fraction of sp³-hybridized carbons (Fsp3) is 0.700. The number of carbonyl (C=O) groups excluding carboxylic acids is 1. The van der Waals surface area contributed by atoms with Gasteiger partial charge in [0.2, 0.25) is 0 Å². The molecule has 3 aliphatic rings. The SMILES string of the molecule is CC(C)[C@H](NC(=O)N1C[C@@H]2CN3CCCC[C@H]3[C@@H]2C1)c1ccccn1. The number of carbonyl (C=O) groups is 1. The first kappa shape index (κ1) is 16.8.